The lowest BCUT2D eigenvalue weighted by atomic mass is 9.93. The number of aliphatic carboxylic acids is 1. The van der Waals surface area contributed by atoms with Gasteiger partial charge in [0.05, 0.1) is 17.7 Å². The standard InChI is InChI=1S/C10H14N2O2/c1-10(11-2,7-9(13)14)8-5-3-4-6-12-8/h3-6,11H,7H2,1-2H3,(H,13,14). The number of aromatic nitrogens is 1. The summed E-state index contributed by atoms with van der Waals surface area (Å²) in [5.41, 5.74) is 0.137. The van der Waals surface area contributed by atoms with E-state index in [2.05, 4.69) is 10.3 Å². The summed E-state index contributed by atoms with van der Waals surface area (Å²) in [6, 6.07) is 5.47. The maximum absolute atomic E-state index is 10.7. The smallest absolute Gasteiger partial charge is 0.305 e. The zero-order valence-electron chi connectivity index (χ0n) is 8.32. The Balaban J connectivity index is 2.95. The number of rotatable bonds is 4. The van der Waals surface area contributed by atoms with Gasteiger partial charge >= 0.3 is 5.97 Å². The first-order valence-corrected chi connectivity index (χ1v) is 4.41. The van der Waals surface area contributed by atoms with Crippen LogP contribution in [0.3, 0.4) is 0 Å². The van der Waals surface area contributed by atoms with Gasteiger partial charge in [-0.25, -0.2) is 0 Å². The number of hydrogen-bond donors (Lipinski definition) is 2. The van der Waals surface area contributed by atoms with E-state index in [1.165, 1.54) is 0 Å². The van der Waals surface area contributed by atoms with Crippen LogP contribution < -0.4 is 5.32 Å². The van der Waals surface area contributed by atoms with E-state index in [0.29, 0.717) is 0 Å². The van der Waals surface area contributed by atoms with E-state index < -0.39 is 11.5 Å². The molecule has 2 N–H and O–H groups in total. The maximum Gasteiger partial charge on any atom is 0.305 e. The highest BCUT2D eigenvalue weighted by molar-refractivity contribution is 5.68. The van der Waals surface area contributed by atoms with Crippen molar-refractivity contribution in [1.29, 1.82) is 0 Å². The molecule has 0 amide bonds. The second-order valence-corrected chi connectivity index (χ2v) is 3.37. The van der Waals surface area contributed by atoms with Crippen molar-refractivity contribution in [3.05, 3.63) is 30.1 Å². The number of pyridine rings is 1. The minimum absolute atomic E-state index is 0.0144. The molecule has 76 valence electrons. The molecule has 0 saturated carbocycles. The first-order chi connectivity index (χ1) is 6.58. The van der Waals surface area contributed by atoms with E-state index in [9.17, 15) is 4.79 Å². The van der Waals surface area contributed by atoms with Crippen molar-refractivity contribution >= 4 is 5.97 Å². The van der Waals surface area contributed by atoms with E-state index in [0.717, 1.165) is 5.69 Å². The van der Waals surface area contributed by atoms with Gasteiger partial charge in [-0.1, -0.05) is 6.07 Å². The quantitative estimate of drug-likeness (QED) is 0.750. The predicted molar refractivity (Wildman–Crippen MR) is 52.9 cm³/mol. The molecule has 1 rings (SSSR count). The minimum Gasteiger partial charge on any atom is -0.481 e. The highest BCUT2D eigenvalue weighted by atomic mass is 16.4. The van der Waals surface area contributed by atoms with Crippen LogP contribution >= 0.6 is 0 Å². The van der Waals surface area contributed by atoms with Crippen molar-refractivity contribution in [2.75, 3.05) is 7.05 Å². The third-order valence-corrected chi connectivity index (χ3v) is 2.29. The summed E-state index contributed by atoms with van der Waals surface area (Å²) in [6.45, 7) is 1.82. The first-order valence-electron chi connectivity index (χ1n) is 4.41. The van der Waals surface area contributed by atoms with Crippen molar-refractivity contribution in [2.24, 2.45) is 0 Å². The Hall–Kier alpha value is -1.42. The third kappa shape index (κ3) is 2.29. The zero-order valence-corrected chi connectivity index (χ0v) is 8.32. The van der Waals surface area contributed by atoms with Crippen LogP contribution in [0.25, 0.3) is 0 Å². The summed E-state index contributed by atoms with van der Waals surface area (Å²) in [6.07, 6.45) is 1.67. The highest BCUT2D eigenvalue weighted by Gasteiger charge is 2.28. The third-order valence-electron chi connectivity index (χ3n) is 2.29. The van der Waals surface area contributed by atoms with Gasteiger partial charge in [-0.3, -0.25) is 9.78 Å². The van der Waals surface area contributed by atoms with Crippen molar-refractivity contribution < 1.29 is 9.90 Å². The molecule has 1 heterocycles. The molecule has 1 unspecified atom stereocenters. The summed E-state index contributed by atoms with van der Waals surface area (Å²) in [4.78, 5) is 14.8. The maximum atomic E-state index is 10.7. The Kier molecular flexibility index (Phi) is 3.19. The predicted octanol–water partition coefficient (Wildman–Crippen LogP) is 0.991. The molecule has 0 radical (unpaired) electrons. The van der Waals surface area contributed by atoms with Crippen LogP contribution in [0.4, 0.5) is 0 Å². The molecule has 0 aliphatic rings. The fourth-order valence-corrected chi connectivity index (χ4v) is 1.30. The van der Waals surface area contributed by atoms with Crippen LogP contribution in [-0.2, 0) is 10.3 Å². The molecule has 0 aromatic carbocycles. The van der Waals surface area contributed by atoms with Gasteiger partial charge in [0.15, 0.2) is 0 Å². The van der Waals surface area contributed by atoms with Gasteiger partial charge in [-0.05, 0) is 26.1 Å². The second-order valence-electron chi connectivity index (χ2n) is 3.37. The summed E-state index contributed by atoms with van der Waals surface area (Å²) >= 11 is 0. The van der Waals surface area contributed by atoms with Crippen LogP contribution in [0.15, 0.2) is 24.4 Å². The van der Waals surface area contributed by atoms with Crippen molar-refractivity contribution in [1.82, 2.24) is 10.3 Å². The summed E-state index contributed by atoms with van der Waals surface area (Å²) in [5, 5.41) is 11.8. The second kappa shape index (κ2) is 4.19. The van der Waals surface area contributed by atoms with Crippen LogP contribution in [0, 0.1) is 0 Å². The fourth-order valence-electron chi connectivity index (χ4n) is 1.30. The minimum atomic E-state index is -0.840. The Morgan fingerprint density at radius 2 is 2.36 bits per heavy atom. The molecule has 0 aliphatic heterocycles. The van der Waals surface area contributed by atoms with Gasteiger partial charge in [0, 0.05) is 6.20 Å². The van der Waals surface area contributed by atoms with Crippen molar-refractivity contribution in [3.63, 3.8) is 0 Å². The molecule has 1 aromatic rings. The molecule has 4 heteroatoms. The monoisotopic (exact) mass is 194 g/mol. The molecular weight excluding hydrogens is 180 g/mol. The first kappa shape index (κ1) is 10.7. The molecular formula is C10H14N2O2. The molecule has 4 nitrogen and oxygen atoms in total. The summed E-state index contributed by atoms with van der Waals surface area (Å²) in [7, 11) is 1.73. The fraction of sp³-hybridized carbons (Fsp3) is 0.400. The van der Waals surface area contributed by atoms with Crippen LogP contribution in [0.5, 0.6) is 0 Å². The number of carboxylic acid groups (broad SMARTS) is 1. The van der Waals surface area contributed by atoms with Gasteiger partial charge < -0.3 is 10.4 Å². The lowest BCUT2D eigenvalue weighted by Gasteiger charge is -2.26. The largest absolute Gasteiger partial charge is 0.481 e. The number of carbonyl (C=O) groups is 1. The topological polar surface area (TPSA) is 62.2 Å². The average Bonchev–Trinajstić information content (AvgIpc) is 2.18. The summed E-state index contributed by atoms with van der Waals surface area (Å²) < 4.78 is 0. The molecule has 0 fully saturated rings. The van der Waals surface area contributed by atoms with Gasteiger partial charge in [0.2, 0.25) is 0 Å². The van der Waals surface area contributed by atoms with Crippen LogP contribution in [0.2, 0.25) is 0 Å². The molecule has 0 spiro atoms. The van der Waals surface area contributed by atoms with E-state index in [1.807, 2.05) is 19.1 Å². The Labute approximate surface area is 83.0 Å². The number of hydrogen-bond acceptors (Lipinski definition) is 3. The zero-order chi connectivity index (χ0) is 10.6. The molecule has 1 aromatic heterocycles. The molecule has 0 bridgehead atoms. The highest BCUT2D eigenvalue weighted by Crippen LogP contribution is 2.21. The summed E-state index contributed by atoms with van der Waals surface area (Å²) in [5.74, 6) is -0.840. The SMILES string of the molecule is CNC(C)(CC(=O)O)c1ccccn1. The van der Waals surface area contributed by atoms with Crippen LogP contribution in [-0.4, -0.2) is 23.1 Å². The Morgan fingerprint density at radius 3 is 2.79 bits per heavy atom. The molecule has 1 atom stereocenters. The Morgan fingerprint density at radius 1 is 1.64 bits per heavy atom. The number of carboxylic acids is 1. The van der Waals surface area contributed by atoms with Crippen molar-refractivity contribution in [2.45, 2.75) is 18.9 Å². The molecule has 0 saturated heterocycles. The van der Waals surface area contributed by atoms with Gasteiger partial charge in [0.25, 0.3) is 0 Å². The van der Waals surface area contributed by atoms with Gasteiger partial charge in [0.1, 0.15) is 0 Å². The number of nitrogens with zero attached hydrogens (tertiary/aromatic N) is 1. The normalized spacial score (nSPS) is 14.7. The van der Waals surface area contributed by atoms with Gasteiger partial charge in [-0.2, -0.15) is 0 Å². The molecule has 0 aliphatic carbocycles. The lowest BCUT2D eigenvalue weighted by Crippen LogP contribution is -2.39. The van der Waals surface area contributed by atoms with E-state index in [4.69, 9.17) is 5.11 Å². The Bertz CT molecular complexity index is 313. The molecule has 14 heavy (non-hydrogen) atoms. The lowest BCUT2D eigenvalue weighted by molar-refractivity contribution is -0.138. The average molecular weight is 194 g/mol. The number of nitrogens with one attached hydrogen (secondary N) is 1. The van der Waals surface area contributed by atoms with Crippen molar-refractivity contribution in [3.8, 4) is 0 Å². The van der Waals surface area contributed by atoms with E-state index in [1.54, 1.807) is 19.3 Å². The van der Waals surface area contributed by atoms with E-state index in [-0.39, 0.29) is 6.42 Å². The van der Waals surface area contributed by atoms with Gasteiger partial charge in [-0.15, -0.1) is 0 Å². The van der Waals surface area contributed by atoms with Crippen LogP contribution in [0.1, 0.15) is 19.0 Å². The van der Waals surface area contributed by atoms with E-state index >= 15 is 0 Å².